The first-order valence-corrected chi connectivity index (χ1v) is 4.53. The lowest BCUT2D eigenvalue weighted by Crippen LogP contribution is -2.30. The van der Waals surface area contributed by atoms with Gasteiger partial charge in [0.15, 0.2) is 18.3 Å². The minimum atomic E-state index is -1.03. The second-order valence-corrected chi connectivity index (χ2v) is 3.24. The zero-order chi connectivity index (χ0) is 11.6. The number of hydrogen-bond donors (Lipinski definition) is 0. The van der Waals surface area contributed by atoms with E-state index in [1.54, 1.807) is 0 Å². The van der Waals surface area contributed by atoms with Crippen molar-refractivity contribution in [2.45, 2.75) is 39.1 Å². The Balaban J connectivity index is 2.86. The highest BCUT2D eigenvalue weighted by molar-refractivity contribution is 5.87. The lowest BCUT2D eigenvalue weighted by atomic mass is 10.4. The summed E-state index contributed by atoms with van der Waals surface area (Å²) in [5, 5.41) is 0. The van der Waals surface area contributed by atoms with Gasteiger partial charge in [-0.3, -0.25) is 0 Å². The van der Waals surface area contributed by atoms with Crippen LogP contribution in [0.2, 0.25) is 0 Å². The van der Waals surface area contributed by atoms with Crippen molar-refractivity contribution in [1.29, 1.82) is 0 Å². The van der Waals surface area contributed by atoms with Gasteiger partial charge in [-0.25, -0.2) is 14.4 Å². The Kier molecular flexibility index (Phi) is 3.28. The maximum Gasteiger partial charge on any atom is 0.347 e. The van der Waals surface area contributed by atoms with Crippen molar-refractivity contribution < 1.29 is 28.6 Å². The Bertz CT molecular complexity index is 249. The van der Waals surface area contributed by atoms with Gasteiger partial charge in [-0.1, -0.05) is 0 Å². The molecule has 3 unspecified atom stereocenters. The van der Waals surface area contributed by atoms with E-state index >= 15 is 0 Å². The molecule has 84 valence electrons. The van der Waals surface area contributed by atoms with Crippen LogP contribution in [-0.2, 0) is 28.6 Å². The molecule has 6 nitrogen and oxygen atoms in total. The second kappa shape index (κ2) is 4.29. The summed E-state index contributed by atoms with van der Waals surface area (Å²) in [7, 11) is 0. The van der Waals surface area contributed by atoms with Crippen molar-refractivity contribution in [3.63, 3.8) is 0 Å². The van der Waals surface area contributed by atoms with E-state index in [1.165, 1.54) is 20.8 Å². The summed E-state index contributed by atoms with van der Waals surface area (Å²) in [6, 6.07) is 0. The molecular weight excluding hydrogens is 204 g/mol. The van der Waals surface area contributed by atoms with Crippen LogP contribution in [0, 0.1) is 0 Å². The Morgan fingerprint density at radius 3 is 1.07 bits per heavy atom. The van der Waals surface area contributed by atoms with Gasteiger partial charge in [0, 0.05) is 0 Å². The molecule has 0 amide bonds. The summed E-state index contributed by atoms with van der Waals surface area (Å²) in [6.45, 7) is 4.11. The fourth-order valence-electron chi connectivity index (χ4n) is 0.954. The highest BCUT2D eigenvalue weighted by Gasteiger charge is 2.32. The smallest absolute Gasteiger partial charge is 0.347 e. The Labute approximate surface area is 86.5 Å². The van der Waals surface area contributed by atoms with Gasteiger partial charge in [-0.2, -0.15) is 0 Å². The molecule has 0 bridgehead atoms. The van der Waals surface area contributed by atoms with E-state index in [2.05, 4.69) is 0 Å². The van der Waals surface area contributed by atoms with Crippen LogP contribution in [0.1, 0.15) is 20.8 Å². The molecule has 15 heavy (non-hydrogen) atoms. The van der Waals surface area contributed by atoms with Crippen LogP contribution in [0.15, 0.2) is 0 Å². The molecule has 1 saturated heterocycles. The lowest BCUT2D eigenvalue weighted by molar-refractivity contribution is -0.169. The van der Waals surface area contributed by atoms with E-state index in [-0.39, 0.29) is 0 Å². The number of rotatable bonds is 0. The third-order valence-corrected chi connectivity index (χ3v) is 1.87. The maximum atomic E-state index is 11.2. The molecule has 1 fully saturated rings. The van der Waals surface area contributed by atoms with E-state index in [4.69, 9.17) is 14.2 Å². The molecule has 1 aliphatic rings. The van der Waals surface area contributed by atoms with Crippen molar-refractivity contribution in [3.05, 3.63) is 0 Å². The van der Waals surface area contributed by atoms with Crippen LogP contribution in [-0.4, -0.2) is 36.2 Å². The van der Waals surface area contributed by atoms with Crippen LogP contribution in [0.4, 0.5) is 0 Å². The predicted octanol–water partition coefficient (Wildman–Crippen LogP) is -0.205. The van der Waals surface area contributed by atoms with Gasteiger partial charge in [0.2, 0.25) is 0 Å². The Morgan fingerprint density at radius 2 is 0.867 bits per heavy atom. The average Bonchev–Trinajstić information content (AvgIpc) is 2.17. The van der Waals surface area contributed by atoms with Crippen molar-refractivity contribution >= 4 is 17.9 Å². The van der Waals surface area contributed by atoms with E-state index in [9.17, 15) is 14.4 Å². The fourth-order valence-corrected chi connectivity index (χ4v) is 0.954. The van der Waals surface area contributed by atoms with Crippen LogP contribution < -0.4 is 0 Å². The van der Waals surface area contributed by atoms with Gasteiger partial charge in [-0.05, 0) is 20.8 Å². The third-order valence-electron chi connectivity index (χ3n) is 1.87. The number of carbonyl (C=O) groups excluding carboxylic acids is 3. The molecule has 0 N–H and O–H groups in total. The quantitative estimate of drug-likeness (QED) is 0.412. The van der Waals surface area contributed by atoms with Gasteiger partial charge in [-0.15, -0.1) is 0 Å². The van der Waals surface area contributed by atoms with Crippen LogP contribution in [0.5, 0.6) is 0 Å². The summed E-state index contributed by atoms with van der Waals surface area (Å²) in [4.78, 5) is 33.7. The van der Waals surface area contributed by atoms with Crippen molar-refractivity contribution in [1.82, 2.24) is 0 Å². The van der Waals surface area contributed by atoms with E-state index in [0.717, 1.165) is 0 Å². The minimum absolute atomic E-state index is 0.762. The SMILES string of the molecule is CC1OC(=O)C(C)OC(=O)C(C)OC1=O. The molecule has 0 aromatic carbocycles. The predicted molar refractivity (Wildman–Crippen MR) is 46.7 cm³/mol. The third kappa shape index (κ3) is 2.68. The van der Waals surface area contributed by atoms with Gasteiger partial charge < -0.3 is 14.2 Å². The largest absolute Gasteiger partial charge is 0.448 e. The van der Waals surface area contributed by atoms with Gasteiger partial charge >= 0.3 is 17.9 Å². The summed E-state index contributed by atoms with van der Waals surface area (Å²) in [5.41, 5.74) is 0. The zero-order valence-electron chi connectivity index (χ0n) is 8.68. The molecule has 1 rings (SSSR count). The molecule has 0 aromatic rings. The van der Waals surface area contributed by atoms with Crippen LogP contribution in [0.3, 0.4) is 0 Å². The average molecular weight is 216 g/mol. The molecule has 0 aliphatic carbocycles. The van der Waals surface area contributed by atoms with E-state index < -0.39 is 36.2 Å². The number of carbonyl (C=O) groups is 3. The topological polar surface area (TPSA) is 78.9 Å². The molecule has 3 atom stereocenters. The molecule has 0 saturated carbocycles. The standard InChI is InChI=1S/C9H12O6/c1-4-7(10)14-6(3)9(12)15-5(2)8(11)13-4/h4-6H,1-3H3. The summed E-state index contributed by atoms with van der Waals surface area (Å²) >= 11 is 0. The maximum absolute atomic E-state index is 11.2. The van der Waals surface area contributed by atoms with Gasteiger partial charge in [0.1, 0.15) is 0 Å². The van der Waals surface area contributed by atoms with E-state index in [1.807, 2.05) is 0 Å². The second-order valence-electron chi connectivity index (χ2n) is 3.24. The summed E-state index contributed by atoms with van der Waals surface area (Å²) in [6.07, 6.45) is -3.09. The highest BCUT2D eigenvalue weighted by atomic mass is 16.6. The summed E-state index contributed by atoms with van der Waals surface area (Å²) < 4.78 is 14.1. The number of hydrogen-bond acceptors (Lipinski definition) is 6. The lowest BCUT2D eigenvalue weighted by Gasteiger charge is -2.11. The van der Waals surface area contributed by atoms with Crippen LogP contribution >= 0.6 is 0 Å². The Hall–Kier alpha value is -1.59. The molecular formula is C9H12O6. The first kappa shape index (κ1) is 11.5. The number of ether oxygens (including phenoxy) is 3. The number of cyclic esters (lactones) is 3. The highest BCUT2D eigenvalue weighted by Crippen LogP contribution is 2.08. The summed E-state index contributed by atoms with van der Waals surface area (Å²) in [5.74, 6) is -2.29. The van der Waals surface area contributed by atoms with Gasteiger partial charge in [0.05, 0.1) is 0 Å². The molecule has 1 heterocycles. The van der Waals surface area contributed by atoms with Crippen molar-refractivity contribution in [2.75, 3.05) is 0 Å². The van der Waals surface area contributed by atoms with Crippen molar-refractivity contribution in [3.8, 4) is 0 Å². The van der Waals surface area contributed by atoms with Crippen molar-refractivity contribution in [2.24, 2.45) is 0 Å². The molecule has 0 radical (unpaired) electrons. The van der Waals surface area contributed by atoms with E-state index in [0.29, 0.717) is 0 Å². The first-order valence-electron chi connectivity index (χ1n) is 4.53. The molecule has 0 spiro atoms. The number of esters is 3. The molecule has 6 heteroatoms. The first-order chi connectivity index (χ1) is 6.91. The minimum Gasteiger partial charge on any atom is -0.448 e. The normalized spacial score (nSPS) is 33.0. The van der Waals surface area contributed by atoms with Crippen LogP contribution in [0.25, 0.3) is 0 Å². The monoisotopic (exact) mass is 216 g/mol. The fraction of sp³-hybridized carbons (Fsp3) is 0.667. The van der Waals surface area contributed by atoms with Gasteiger partial charge in [0.25, 0.3) is 0 Å². The zero-order valence-corrected chi connectivity index (χ0v) is 8.68. The molecule has 1 aliphatic heterocycles. The molecule has 0 aromatic heterocycles. The Morgan fingerprint density at radius 1 is 0.667 bits per heavy atom.